The fraction of sp³-hybridized carbons (Fsp3) is 0.312. The number of carboxylic acids is 1. The van der Waals surface area contributed by atoms with Crippen LogP contribution in [0.1, 0.15) is 10.6 Å². The van der Waals surface area contributed by atoms with Crippen molar-refractivity contribution in [3.63, 3.8) is 0 Å². The second kappa shape index (κ2) is 6.76. The molecule has 1 aliphatic rings. The number of ether oxygens (including phenoxy) is 1. The van der Waals surface area contributed by atoms with Gasteiger partial charge in [-0.25, -0.2) is 9.78 Å². The molecule has 5 N–H and O–H groups in total. The highest BCUT2D eigenvalue weighted by Gasteiger charge is 2.42. The normalized spacial score (nSPS) is 24.7. The Morgan fingerprint density at radius 3 is 2.82 bits per heavy atom. The molecule has 4 rings (SSSR count). The van der Waals surface area contributed by atoms with E-state index in [1.54, 1.807) is 18.3 Å². The zero-order valence-corrected chi connectivity index (χ0v) is 14.2. The lowest BCUT2D eigenvalue weighted by Gasteiger charge is -2.18. The monoisotopic (exact) mass is 390 g/mol. The van der Waals surface area contributed by atoms with Crippen LogP contribution in [0, 0.1) is 4.91 Å². The Labute approximate surface area is 155 Å². The molecule has 1 saturated heterocycles. The van der Waals surface area contributed by atoms with Crippen molar-refractivity contribution in [1.82, 2.24) is 14.4 Å². The quantitative estimate of drug-likeness (QED) is 0.256. The second-order valence-corrected chi connectivity index (χ2v) is 6.24. The van der Waals surface area contributed by atoms with Crippen LogP contribution in [0.15, 0.2) is 30.7 Å². The number of hydrogen-bond donors (Lipinski definition) is 5. The van der Waals surface area contributed by atoms with Gasteiger partial charge in [0.1, 0.15) is 30.0 Å². The van der Waals surface area contributed by atoms with E-state index in [4.69, 9.17) is 9.84 Å². The van der Waals surface area contributed by atoms with Gasteiger partial charge in [-0.2, -0.15) is 4.98 Å². The highest BCUT2D eigenvalue weighted by atomic mass is 16.6. The van der Waals surface area contributed by atoms with Crippen LogP contribution >= 0.6 is 0 Å². The minimum Gasteiger partial charge on any atom is -0.475 e. The predicted molar refractivity (Wildman–Crippen MR) is 92.2 cm³/mol. The molecule has 146 valence electrons. The molecule has 12 nitrogen and oxygen atoms in total. The Morgan fingerprint density at radius 2 is 2.14 bits per heavy atom. The molecule has 0 saturated carbocycles. The van der Waals surface area contributed by atoms with Crippen molar-refractivity contribution < 1.29 is 34.4 Å². The molecular weight excluding hydrogens is 374 g/mol. The molecule has 0 unspecified atom stereocenters. The van der Waals surface area contributed by atoms with Gasteiger partial charge >= 0.3 is 11.5 Å². The zero-order chi connectivity index (χ0) is 20.0. The van der Waals surface area contributed by atoms with Crippen molar-refractivity contribution >= 4 is 28.3 Å². The number of carbonyl (C=O) groups is 1. The summed E-state index contributed by atoms with van der Waals surface area (Å²) in [5, 5.41) is 41.2. The van der Waals surface area contributed by atoms with E-state index in [1.165, 1.54) is 10.6 Å². The number of carboxylic acid groups (broad SMARTS) is 1. The van der Waals surface area contributed by atoms with Crippen molar-refractivity contribution in [1.29, 1.82) is 0 Å². The third-order valence-corrected chi connectivity index (χ3v) is 4.52. The number of hydrogen-bond acceptors (Lipinski definition) is 9. The molecular formula is C16H16N5O7+. The summed E-state index contributed by atoms with van der Waals surface area (Å²) in [5.74, 6) is -1.80. The first-order chi connectivity index (χ1) is 13.4. The standard InChI is InChI=1S/C16H15N5O7/c22-6-10-11(23)12(24)15(28-10)18-7-2-1-3-20-9(7)5-21(27)8-4-17-13(16(25)26)19-14(8)20/h1-5,10-12,15,18,22-24H,6H2/p+1/t10-,11-,12-,15-/m1/s1. The predicted octanol–water partition coefficient (Wildman–Crippen LogP) is -1.65. The summed E-state index contributed by atoms with van der Waals surface area (Å²) >= 11 is 0. The number of rotatable bonds is 4. The van der Waals surface area contributed by atoms with E-state index in [9.17, 15) is 25.0 Å². The van der Waals surface area contributed by atoms with E-state index in [2.05, 4.69) is 15.3 Å². The highest BCUT2D eigenvalue weighted by Crippen LogP contribution is 2.25. The van der Waals surface area contributed by atoms with Crippen molar-refractivity contribution in [2.75, 3.05) is 11.9 Å². The van der Waals surface area contributed by atoms with Gasteiger partial charge in [0, 0.05) is 11.1 Å². The van der Waals surface area contributed by atoms with Crippen molar-refractivity contribution in [2.45, 2.75) is 24.5 Å². The van der Waals surface area contributed by atoms with Gasteiger partial charge in [0.15, 0.2) is 6.23 Å². The van der Waals surface area contributed by atoms with Gasteiger partial charge in [-0.3, -0.25) is 4.40 Å². The first-order valence-electron chi connectivity index (χ1n) is 8.26. The van der Waals surface area contributed by atoms with Gasteiger partial charge in [0.2, 0.25) is 11.5 Å². The van der Waals surface area contributed by atoms with Crippen LogP contribution in [-0.4, -0.2) is 71.9 Å². The molecule has 28 heavy (non-hydrogen) atoms. The van der Waals surface area contributed by atoms with Gasteiger partial charge in [0.25, 0.3) is 6.20 Å². The maximum atomic E-state index is 12.4. The van der Waals surface area contributed by atoms with Gasteiger partial charge in [0.05, 0.1) is 16.7 Å². The van der Waals surface area contributed by atoms with Gasteiger partial charge in [-0.1, -0.05) is 0 Å². The van der Waals surface area contributed by atoms with Crippen LogP contribution in [0.5, 0.6) is 0 Å². The fourth-order valence-electron chi connectivity index (χ4n) is 3.11. The third-order valence-electron chi connectivity index (χ3n) is 4.52. The Bertz CT molecular complexity index is 1130. The number of pyridine rings is 1. The zero-order valence-electron chi connectivity index (χ0n) is 14.2. The van der Waals surface area contributed by atoms with E-state index < -0.39 is 42.9 Å². The number of nitrogens with one attached hydrogen (secondary N) is 1. The van der Waals surface area contributed by atoms with Gasteiger partial charge in [-0.05, 0) is 12.1 Å². The molecule has 0 radical (unpaired) electrons. The van der Waals surface area contributed by atoms with Crippen molar-refractivity contribution in [3.05, 3.63) is 41.5 Å². The van der Waals surface area contributed by atoms with Crippen LogP contribution in [-0.2, 0) is 4.74 Å². The second-order valence-electron chi connectivity index (χ2n) is 6.24. The maximum absolute atomic E-state index is 12.4. The summed E-state index contributed by atoms with van der Waals surface area (Å²) in [6.45, 7) is -0.471. The maximum Gasteiger partial charge on any atom is 0.374 e. The lowest BCUT2D eigenvalue weighted by Crippen LogP contribution is -2.36. The van der Waals surface area contributed by atoms with Crippen molar-refractivity contribution in [3.8, 4) is 0 Å². The molecule has 12 heteroatoms. The average molecular weight is 390 g/mol. The summed E-state index contributed by atoms with van der Waals surface area (Å²) in [4.78, 5) is 31.1. The molecule has 4 heterocycles. The van der Waals surface area contributed by atoms with Crippen LogP contribution in [0.25, 0.3) is 16.7 Å². The molecule has 0 aromatic carbocycles. The summed E-state index contributed by atoms with van der Waals surface area (Å²) in [6, 6.07) is 3.23. The third kappa shape index (κ3) is 2.84. The number of anilines is 1. The number of aromatic carboxylic acids is 1. The number of aromatic nitrogens is 4. The molecule has 3 aromatic heterocycles. The van der Waals surface area contributed by atoms with Gasteiger partial charge < -0.3 is 30.5 Å². The molecule has 0 spiro atoms. The lowest BCUT2D eigenvalue weighted by molar-refractivity contribution is -0.463. The Morgan fingerprint density at radius 1 is 1.36 bits per heavy atom. The van der Waals surface area contributed by atoms with Crippen LogP contribution in [0.4, 0.5) is 5.69 Å². The summed E-state index contributed by atoms with van der Waals surface area (Å²) in [7, 11) is 0. The lowest BCUT2D eigenvalue weighted by atomic mass is 10.1. The van der Waals surface area contributed by atoms with Crippen molar-refractivity contribution in [2.24, 2.45) is 0 Å². The fourth-order valence-corrected chi connectivity index (χ4v) is 3.11. The van der Waals surface area contributed by atoms with E-state index in [0.29, 0.717) is 15.6 Å². The average Bonchev–Trinajstić information content (AvgIpc) is 2.96. The van der Waals surface area contributed by atoms with Crippen LogP contribution < -0.4 is 9.74 Å². The Balaban J connectivity index is 1.83. The minimum atomic E-state index is -1.34. The van der Waals surface area contributed by atoms with Crippen LogP contribution in [0.2, 0.25) is 0 Å². The minimum absolute atomic E-state index is 0.0626. The number of nitrogens with zero attached hydrogens (tertiary/aromatic N) is 4. The summed E-state index contributed by atoms with van der Waals surface area (Å²) in [6.07, 6.45) is -0.633. The Kier molecular flexibility index (Phi) is 4.39. The number of aliphatic hydroxyl groups excluding tert-OH is 3. The first kappa shape index (κ1) is 18.2. The molecule has 0 amide bonds. The Hall–Kier alpha value is -3.19. The summed E-state index contributed by atoms with van der Waals surface area (Å²) in [5.41, 5.74) is 0.814. The molecule has 1 aliphatic heterocycles. The summed E-state index contributed by atoms with van der Waals surface area (Å²) < 4.78 is 7.38. The van der Waals surface area contributed by atoms with E-state index >= 15 is 0 Å². The highest BCUT2D eigenvalue weighted by molar-refractivity contribution is 5.86. The largest absolute Gasteiger partial charge is 0.475 e. The molecule has 0 aliphatic carbocycles. The molecule has 3 aromatic rings. The molecule has 0 bridgehead atoms. The first-order valence-corrected chi connectivity index (χ1v) is 8.26. The topological polar surface area (TPSA) is 172 Å². The van der Waals surface area contributed by atoms with E-state index in [1.807, 2.05) is 0 Å². The number of aliphatic hydroxyl groups is 3. The van der Waals surface area contributed by atoms with E-state index in [-0.39, 0.29) is 11.2 Å². The van der Waals surface area contributed by atoms with Gasteiger partial charge in [-0.15, -0.1) is 0 Å². The molecule has 4 atom stereocenters. The SMILES string of the molecule is O=C(O)c1ncc2c(n1)n1cccc(N[C@@H]3O[C@H](CO)[C@@H](O)[C@H]3O)c1c[n+]2=O. The smallest absolute Gasteiger partial charge is 0.374 e. The van der Waals surface area contributed by atoms with E-state index in [0.717, 1.165) is 6.20 Å². The number of fused-ring (bicyclic) bond motifs is 3. The van der Waals surface area contributed by atoms with Crippen LogP contribution in [0.3, 0.4) is 0 Å². The molecule has 1 fully saturated rings.